The van der Waals surface area contributed by atoms with E-state index in [-0.39, 0.29) is 0 Å². The number of ether oxygens (including phenoxy) is 1. The lowest BCUT2D eigenvalue weighted by atomic mass is 10.1. The zero-order valence-electron chi connectivity index (χ0n) is 10.2. The molecule has 94 valence electrons. The van der Waals surface area contributed by atoms with E-state index in [4.69, 9.17) is 4.74 Å². The Kier molecular flexibility index (Phi) is 2.51. The molecule has 4 heteroatoms. The molecule has 1 saturated carbocycles. The van der Waals surface area contributed by atoms with Gasteiger partial charge < -0.3 is 14.4 Å². The summed E-state index contributed by atoms with van der Waals surface area (Å²) >= 11 is 0. The molecule has 1 aromatic heterocycles. The van der Waals surface area contributed by atoms with Crippen LogP contribution >= 0.6 is 0 Å². The van der Waals surface area contributed by atoms with Crippen molar-refractivity contribution < 1.29 is 14.6 Å². The summed E-state index contributed by atoms with van der Waals surface area (Å²) in [6.45, 7) is 2.43. The molecule has 2 aromatic rings. The van der Waals surface area contributed by atoms with Crippen LogP contribution in [0.1, 0.15) is 36.2 Å². The number of fused-ring (bicyclic) bond motifs is 1. The third-order valence-corrected chi connectivity index (χ3v) is 3.29. The van der Waals surface area contributed by atoms with Crippen LogP contribution < -0.4 is 4.74 Å². The second-order valence-corrected chi connectivity index (χ2v) is 4.57. The number of aromatic nitrogens is 1. The van der Waals surface area contributed by atoms with Gasteiger partial charge in [-0.15, -0.1) is 0 Å². The SMILES string of the molecule is CCOc1cccc2c1c(C(=O)O)cn2C1CC1. The summed E-state index contributed by atoms with van der Waals surface area (Å²) in [4.78, 5) is 11.4. The average molecular weight is 245 g/mol. The number of benzene rings is 1. The van der Waals surface area contributed by atoms with Crippen LogP contribution in [-0.4, -0.2) is 22.2 Å². The van der Waals surface area contributed by atoms with Crippen molar-refractivity contribution in [3.63, 3.8) is 0 Å². The van der Waals surface area contributed by atoms with E-state index in [1.807, 2.05) is 25.1 Å². The maximum atomic E-state index is 11.4. The first-order valence-corrected chi connectivity index (χ1v) is 6.22. The second-order valence-electron chi connectivity index (χ2n) is 4.57. The Bertz CT molecular complexity index is 611. The van der Waals surface area contributed by atoms with E-state index in [9.17, 15) is 9.90 Å². The van der Waals surface area contributed by atoms with Gasteiger partial charge in [0.05, 0.1) is 23.1 Å². The summed E-state index contributed by atoms with van der Waals surface area (Å²) in [6.07, 6.45) is 4.00. The maximum absolute atomic E-state index is 11.4. The standard InChI is InChI=1S/C14H15NO3/c1-2-18-12-5-3-4-11-13(12)10(14(16)17)8-15(11)9-6-7-9/h3-5,8-9H,2,6-7H2,1H3,(H,16,17). The lowest BCUT2D eigenvalue weighted by Gasteiger charge is -2.06. The van der Waals surface area contributed by atoms with E-state index in [0.29, 0.717) is 24.0 Å². The molecule has 0 bridgehead atoms. The Morgan fingerprint density at radius 3 is 2.89 bits per heavy atom. The van der Waals surface area contributed by atoms with E-state index in [2.05, 4.69) is 4.57 Å². The normalized spacial score (nSPS) is 14.9. The maximum Gasteiger partial charge on any atom is 0.338 e. The van der Waals surface area contributed by atoms with Crippen LogP contribution in [0.4, 0.5) is 0 Å². The van der Waals surface area contributed by atoms with Crippen LogP contribution in [0.5, 0.6) is 5.75 Å². The number of hydrogen-bond acceptors (Lipinski definition) is 2. The molecular weight excluding hydrogens is 230 g/mol. The highest BCUT2D eigenvalue weighted by Crippen LogP contribution is 2.41. The summed E-state index contributed by atoms with van der Waals surface area (Å²) in [5, 5.41) is 10.0. The lowest BCUT2D eigenvalue weighted by Crippen LogP contribution is -1.97. The van der Waals surface area contributed by atoms with Crippen molar-refractivity contribution in [3.05, 3.63) is 30.0 Å². The molecule has 1 aliphatic rings. The van der Waals surface area contributed by atoms with Gasteiger partial charge in [-0.25, -0.2) is 4.79 Å². The minimum atomic E-state index is -0.897. The van der Waals surface area contributed by atoms with Gasteiger partial charge in [0.15, 0.2) is 0 Å². The highest BCUT2D eigenvalue weighted by Gasteiger charge is 2.28. The summed E-state index contributed by atoms with van der Waals surface area (Å²) in [5.74, 6) is -0.238. The number of nitrogens with zero attached hydrogens (tertiary/aromatic N) is 1. The highest BCUT2D eigenvalue weighted by atomic mass is 16.5. The third kappa shape index (κ3) is 1.65. The van der Waals surface area contributed by atoms with Crippen LogP contribution in [0.15, 0.2) is 24.4 Å². The smallest absolute Gasteiger partial charge is 0.338 e. The fraction of sp³-hybridized carbons (Fsp3) is 0.357. The molecule has 0 amide bonds. The third-order valence-electron chi connectivity index (χ3n) is 3.29. The molecular formula is C14H15NO3. The number of carbonyl (C=O) groups is 1. The first-order chi connectivity index (χ1) is 8.72. The predicted molar refractivity (Wildman–Crippen MR) is 68.3 cm³/mol. The first-order valence-electron chi connectivity index (χ1n) is 6.22. The summed E-state index contributed by atoms with van der Waals surface area (Å²) < 4.78 is 7.62. The van der Waals surface area contributed by atoms with Crippen LogP contribution in [0.3, 0.4) is 0 Å². The number of carboxylic acids is 1. The molecule has 1 N–H and O–H groups in total. The van der Waals surface area contributed by atoms with E-state index >= 15 is 0 Å². The average Bonchev–Trinajstić information content (AvgIpc) is 3.10. The molecule has 0 atom stereocenters. The summed E-state index contributed by atoms with van der Waals surface area (Å²) in [5.41, 5.74) is 1.29. The van der Waals surface area contributed by atoms with Crippen molar-refractivity contribution in [1.82, 2.24) is 4.57 Å². The molecule has 1 fully saturated rings. The predicted octanol–water partition coefficient (Wildman–Crippen LogP) is 3.07. The summed E-state index contributed by atoms with van der Waals surface area (Å²) in [7, 11) is 0. The van der Waals surface area contributed by atoms with Gasteiger partial charge in [0.1, 0.15) is 5.75 Å². The van der Waals surface area contributed by atoms with E-state index in [0.717, 1.165) is 23.7 Å². The molecule has 3 rings (SSSR count). The molecule has 4 nitrogen and oxygen atoms in total. The van der Waals surface area contributed by atoms with Gasteiger partial charge in [0.2, 0.25) is 0 Å². The van der Waals surface area contributed by atoms with Gasteiger partial charge in [0, 0.05) is 12.2 Å². The Hall–Kier alpha value is -1.97. The minimum Gasteiger partial charge on any atom is -0.493 e. The first kappa shape index (κ1) is 11.1. The Morgan fingerprint density at radius 1 is 1.50 bits per heavy atom. The molecule has 0 spiro atoms. The topological polar surface area (TPSA) is 51.5 Å². The van der Waals surface area contributed by atoms with Crippen LogP contribution in [0.25, 0.3) is 10.9 Å². The molecule has 0 unspecified atom stereocenters. The van der Waals surface area contributed by atoms with Crippen LogP contribution in [0, 0.1) is 0 Å². The van der Waals surface area contributed by atoms with Gasteiger partial charge in [0.25, 0.3) is 0 Å². The fourth-order valence-corrected chi connectivity index (χ4v) is 2.37. The zero-order valence-corrected chi connectivity index (χ0v) is 10.2. The van der Waals surface area contributed by atoms with Crippen molar-refractivity contribution in [2.45, 2.75) is 25.8 Å². The van der Waals surface area contributed by atoms with Crippen molar-refractivity contribution in [1.29, 1.82) is 0 Å². The van der Waals surface area contributed by atoms with Gasteiger partial charge in [-0.3, -0.25) is 0 Å². The zero-order chi connectivity index (χ0) is 12.7. The number of carboxylic acid groups (broad SMARTS) is 1. The Balaban J connectivity index is 2.28. The Morgan fingerprint density at radius 2 is 2.28 bits per heavy atom. The molecule has 0 aliphatic heterocycles. The van der Waals surface area contributed by atoms with Crippen molar-refractivity contribution >= 4 is 16.9 Å². The molecule has 18 heavy (non-hydrogen) atoms. The van der Waals surface area contributed by atoms with Crippen LogP contribution in [-0.2, 0) is 0 Å². The molecule has 1 aliphatic carbocycles. The number of rotatable bonds is 4. The number of hydrogen-bond donors (Lipinski definition) is 1. The van der Waals surface area contributed by atoms with Gasteiger partial charge in [-0.05, 0) is 31.9 Å². The second kappa shape index (κ2) is 4.05. The molecule has 1 aromatic carbocycles. The fourth-order valence-electron chi connectivity index (χ4n) is 2.37. The quantitative estimate of drug-likeness (QED) is 0.900. The molecule has 0 saturated heterocycles. The lowest BCUT2D eigenvalue weighted by molar-refractivity contribution is 0.0698. The van der Waals surface area contributed by atoms with E-state index in [1.165, 1.54) is 0 Å². The van der Waals surface area contributed by atoms with Gasteiger partial charge in [-0.2, -0.15) is 0 Å². The molecule has 1 heterocycles. The molecule has 0 radical (unpaired) electrons. The van der Waals surface area contributed by atoms with E-state index in [1.54, 1.807) is 6.20 Å². The minimum absolute atomic E-state index is 0.334. The van der Waals surface area contributed by atoms with E-state index < -0.39 is 5.97 Å². The highest BCUT2D eigenvalue weighted by molar-refractivity contribution is 6.06. The van der Waals surface area contributed by atoms with Crippen molar-refractivity contribution in [3.8, 4) is 5.75 Å². The van der Waals surface area contributed by atoms with Crippen molar-refractivity contribution in [2.24, 2.45) is 0 Å². The monoisotopic (exact) mass is 245 g/mol. The van der Waals surface area contributed by atoms with Crippen LogP contribution in [0.2, 0.25) is 0 Å². The number of aromatic carboxylic acids is 1. The van der Waals surface area contributed by atoms with Crippen molar-refractivity contribution in [2.75, 3.05) is 6.61 Å². The largest absolute Gasteiger partial charge is 0.493 e. The van der Waals surface area contributed by atoms with Gasteiger partial charge >= 0.3 is 5.97 Å². The Labute approximate surface area is 105 Å². The summed E-state index contributed by atoms with van der Waals surface area (Å²) in [6, 6.07) is 6.16. The van der Waals surface area contributed by atoms with Gasteiger partial charge in [-0.1, -0.05) is 6.07 Å².